The average molecular weight is 927 g/mol. The molecule has 5 aliphatic rings. The number of carbonyl (C=O) groups excluding carboxylic acids is 2. The van der Waals surface area contributed by atoms with Crippen molar-refractivity contribution >= 4 is 60.9 Å². The summed E-state index contributed by atoms with van der Waals surface area (Å²) in [6.45, 7) is 15.8. The van der Waals surface area contributed by atoms with Crippen molar-refractivity contribution < 1.29 is 41.4 Å². The second-order valence-corrected chi connectivity index (χ2v) is 20.9. The molecule has 3 saturated heterocycles. The first-order valence-corrected chi connectivity index (χ1v) is 23.1. The van der Waals surface area contributed by atoms with E-state index < -0.39 is 53.2 Å². The summed E-state index contributed by atoms with van der Waals surface area (Å²) < 4.78 is 80.2. The van der Waals surface area contributed by atoms with Crippen molar-refractivity contribution in [3.05, 3.63) is 58.7 Å². The first kappa shape index (κ1) is 45.2. The lowest BCUT2D eigenvalue weighted by atomic mass is 9.67. The van der Waals surface area contributed by atoms with E-state index in [1.807, 2.05) is 4.90 Å². The first-order chi connectivity index (χ1) is 31.3. The minimum Gasteiger partial charge on any atom is -0.459 e. The topological polar surface area (TPSA) is 166 Å². The lowest BCUT2D eigenvalue weighted by molar-refractivity contribution is -0.0327. The number of hydrogen-bond donors (Lipinski definition) is 2. The van der Waals surface area contributed by atoms with Crippen LogP contribution in [0.15, 0.2) is 30.4 Å². The van der Waals surface area contributed by atoms with Crippen molar-refractivity contribution in [1.29, 1.82) is 10.5 Å². The average Bonchev–Trinajstić information content (AvgIpc) is 3.74. The number of benzene rings is 2. The van der Waals surface area contributed by atoms with Gasteiger partial charge in [0.15, 0.2) is 5.82 Å². The molecule has 4 aliphatic heterocycles. The van der Waals surface area contributed by atoms with Crippen LogP contribution in [0.25, 0.3) is 37.7 Å². The third kappa shape index (κ3) is 7.95. The van der Waals surface area contributed by atoms with E-state index in [-0.39, 0.29) is 121 Å². The van der Waals surface area contributed by atoms with Gasteiger partial charge in [-0.2, -0.15) is 29.3 Å². The summed E-state index contributed by atoms with van der Waals surface area (Å²) in [5.41, 5.74) is -1.81. The van der Waals surface area contributed by atoms with Crippen LogP contribution in [0.1, 0.15) is 103 Å². The van der Waals surface area contributed by atoms with E-state index in [1.54, 1.807) is 46.4 Å². The van der Waals surface area contributed by atoms with Crippen LogP contribution in [0.4, 0.5) is 38.0 Å². The lowest BCUT2D eigenvalue weighted by Crippen LogP contribution is -2.62. The van der Waals surface area contributed by atoms with Gasteiger partial charge in [0, 0.05) is 41.1 Å². The predicted molar refractivity (Wildman–Crippen MR) is 241 cm³/mol. The molecule has 4 fully saturated rings. The molecule has 2 amide bonds. The second-order valence-electron chi connectivity index (χ2n) is 19.9. The zero-order chi connectivity index (χ0) is 47.1. The summed E-state index contributed by atoms with van der Waals surface area (Å²) in [6, 6.07) is 5.34. The van der Waals surface area contributed by atoms with E-state index in [0.717, 1.165) is 30.2 Å². The van der Waals surface area contributed by atoms with Gasteiger partial charge in [0.1, 0.15) is 51.6 Å². The Morgan fingerprint density at radius 3 is 2.38 bits per heavy atom. The molecular weight excluding hydrogens is 877 g/mol. The minimum absolute atomic E-state index is 0.00393. The van der Waals surface area contributed by atoms with Gasteiger partial charge >= 0.3 is 18.2 Å². The molecule has 66 heavy (non-hydrogen) atoms. The number of nitriles is 2. The highest BCUT2D eigenvalue weighted by atomic mass is 32.1. The van der Waals surface area contributed by atoms with Crippen molar-refractivity contribution in [2.45, 2.75) is 122 Å². The summed E-state index contributed by atoms with van der Waals surface area (Å²) in [6.07, 6.45) is 0.0915. The summed E-state index contributed by atoms with van der Waals surface area (Å²) in [5.74, 6) is -1.75. The van der Waals surface area contributed by atoms with Crippen molar-refractivity contribution in [1.82, 2.24) is 20.2 Å². The van der Waals surface area contributed by atoms with Gasteiger partial charge in [0.05, 0.1) is 39.3 Å². The van der Waals surface area contributed by atoms with E-state index in [9.17, 15) is 28.9 Å². The quantitative estimate of drug-likeness (QED) is 0.187. The van der Waals surface area contributed by atoms with Gasteiger partial charge in [-0.3, -0.25) is 10.2 Å². The number of hydrogen-bond acceptors (Lipinski definition) is 12. The van der Waals surface area contributed by atoms with Gasteiger partial charge in [0.25, 0.3) is 6.08 Å². The molecule has 2 aromatic carbocycles. The van der Waals surface area contributed by atoms with Crippen molar-refractivity contribution in [3.8, 4) is 29.3 Å². The summed E-state index contributed by atoms with van der Waals surface area (Å²) in [7, 11) is 0. The summed E-state index contributed by atoms with van der Waals surface area (Å²) in [4.78, 5) is 40.4. The number of aromatic nitrogens is 2. The number of nitrogens with one attached hydrogen (secondary N) is 2. The highest BCUT2D eigenvalue weighted by Gasteiger charge is 2.52. The van der Waals surface area contributed by atoms with Crippen LogP contribution in [0.3, 0.4) is 0 Å². The van der Waals surface area contributed by atoms with Crippen LogP contribution in [0, 0.1) is 46.1 Å². The van der Waals surface area contributed by atoms with Crippen LogP contribution in [-0.4, -0.2) is 82.1 Å². The number of thiophene rings is 1. The number of halogens is 4. The fourth-order valence-corrected chi connectivity index (χ4v) is 11.7. The molecule has 6 atom stereocenters. The number of piperazine rings is 1. The molecule has 9 rings (SSSR count). The van der Waals surface area contributed by atoms with Gasteiger partial charge in [-0.25, -0.2) is 18.4 Å². The predicted octanol–water partition coefficient (Wildman–Crippen LogP) is 10.6. The molecule has 346 valence electrons. The number of carbonyl (C=O) groups is 2. The van der Waals surface area contributed by atoms with Crippen LogP contribution < -0.4 is 20.3 Å². The Hall–Kier alpha value is -5.98. The zero-order valence-corrected chi connectivity index (χ0v) is 38.4. The van der Waals surface area contributed by atoms with Crippen molar-refractivity contribution in [2.24, 2.45) is 11.8 Å². The lowest BCUT2D eigenvalue weighted by Gasteiger charge is -2.47. The Bertz CT molecular complexity index is 2840. The second kappa shape index (κ2) is 16.7. The zero-order valence-electron chi connectivity index (χ0n) is 37.5. The molecule has 2 aromatic heterocycles. The van der Waals surface area contributed by atoms with Gasteiger partial charge in [-0.1, -0.05) is 12.6 Å². The van der Waals surface area contributed by atoms with Gasteiger partial charge in [-0.15, -0.1) is 11.3 Å². The van der Waals surface area contributed by atoms with E-state index in [1.165, 1.54) is 6.07 Å². The smallest absolute Gasteiger partial charge is 0.412 e. The molecule has 1 saturated carbocycles. The van der Waals surface area contributed by atoms with Gasteiger partial charge < -0.3 is 24.4 Å². The van der Waals surface area contributed by atoms with Gasteiger partial charge in [-0.05, 0) is 116 Å². The molecule has 4 aromatic rings. The molecule has 1 aliphatic carbocycles. The maximum atomic E-state index is 18.2. The molecule has 18 heteroatoms. The Morgan fingerprint density at radius 1 is 0.939 bits per heavy atom. The molecule has 13 nitrogen and oxygen atoms in total. The standard InChI is InChI=1S/C48H50F4N8O5S/c1-22-15-32-31-13-10-26(60(31)46(62)65-48(5,6)7)21-59(32)42-36-33(22)28(18-53)34(27-11-12-30(49)40-35(27)29(19-54)43(66-40)58-45(61)64-47(2,3)4)37(50)38(36)56-44(57-42)63-39-23-9-8-14-55-20-25(41(51)52)17-24(39)16-23/h11-12,23-24,26,31-32,39,55H,1,8-10,13-17,20-21H2,2-7H3,(H,58,61)/t23-,24-,26+,31-,32+,39?/m0/s1. The SMILES string of the molecule is C=C1C[C@@H]2[C@@H]3CC[C@H](CN2c2nc(OC4[C@@H]5CC(=C(F)F)CNCCC[C@H]4C5)nc4c(F)c(-c5ccc(F)c6sc(NC(=O)OC(C)(C)C)c(C#N)c56)c(C#N)c1c24)N3C(=O)OC(C)(C)C. The van der Waals surface area contributed by atoms with E-state index >= 15 is 8.78 Å². The van der Waals surface area contributed by atoms with E-state index in [0.29, 0.717) is 31.4 Å². The molecular formula is C48H50F4N8O5S. The Balaban J connectivity index is 1.25. The highest BCUT2D eigenvalue weighted by Crippen LogP contribution is 2.52. The number of nitrogens with zero attached hydrogens (tertiary/aromatic N) is 6. The van der Waals surface area contributed by atoms with Crippen molar-refractivity contribution in [3.63, 3.8) is 0 Å². The summed E-state index contributed by atoms with van der Waals surface area (Å²) >= 11 is 0.768. The number of rotatable bonds is 4. The van der Waals surface area contributed by atoms with Crippen LogP contribution in [0.5, 0.6) is 6.01 Å². The third-order valence-corrected chi connectivity index (χ3v) is 14.4. The first-order valence-electron chi connectivity index (χ1n) is 22.3. The monoisotopic (exact) mass is 926 g/mol. The normalized spacial score (nSPS) is 23.9. The van der Waals surface area contributed by atoms with Crippen LogP contribution in [0.2, 0.25) is 0 Å². The highest BCUT2D eigenvalue weighted by molar-refractivity contribution is 7.23. The van der Waals surface area contributed by atoms with E-state index in [2.05, 4.69) is 29.4 Å². The van der Waals surface area contributed by atoms with Gasteiger partial charge in [0.2, 0.25) is 0 Å². The molecule has 2 N–H and O–H groups in total. The molecule has 0 spiro atoms. The minimum atomic E-state index is -1.73. The number of amides is 2. The molecule has 6 heterocycles. The maximum Gasteiger partial charge on any atom is 0.412 e. The number of fused-ring (bicyclic) bond motifs is 8. The largest absolute Gasteiger partial charge is 0.459 e. The van der Waals surface area contributed by atoms with Crippen LogP contribution in [-0.2, 0) is 9.47 Å². The number of anilines is 2. The fourth-order valence-electron chi connectivity index (χ4n) is 10.6. The fraction of sp³-hybridized carbons (Fsp3) is 0.500. The molecule has 4 bridgehead atoms. The van der Waals surface area contributed by atoms with E-state index in [4.69, 9.17) is 24.2 Å². The maximum absolute atomic E-state index is 18.2. The third-order valence-electron chi connectivity index (χ3n) is 13.2. The molecule has 1 unspecified atom stereocenters. The van der Waals surface area contributed by atoms with Crippen molar-refractivity contribution in [2.75, 3.05) is 29.9 Å². The Morgan fingerprint density at radius 2 is 1.68 bits per heavy atom. The number of ether oxygens (including phenoxy) is 3. The Kier molecular flexibility index (Phi) is 11.4. The Labute approximate surface area is 383 Å². The summed E-state index contributed by atoms with van der Waals surface area (Å²) in [5, 5.41) is 27.5. The van der Waals surface area contributed by atoms with Crippen LogP contribution >= 0.6 is 11.3 Å². The molecule has 0 radical (unpaired) electrons.